The molecule has 1 N–H and O–H groups in total. The van der Waals surface area contributed by atoms with Crippen LogP contribution in [-0.2, 0) is 0 Å². The number of likely N-dealkylation sites (tertiary alicyclic amines) is 1. The molecule has 5 nitrogen and oxygen atoms in total. The van der Waals surface area contributed by atoms with Crippen LogP contribution in [0.25, 0.3) is 0 Å². The van der Waals surface area contributed by atoms with Crippen molar-refractivity contribution in [1.29, 1.82) is 0 Å². The van der Waals surface area contributed by atoms with Gasteiger partial charge in [0.1, 0.15) is 5.75 Å². The molecule has 2 aliphatic rings. The number of hydrogen-bond donors (Lipinski definition) is 1. The highest BCUT2D eigenvalue weighted by molar-refractivity contribution is 5.74. The molecule has 27 heavy (non-hydrogen) atoms. The summed E-state index contributed by atoms with van der Waals surface area (Å²) in [7, 11) is 3.67. The molecule has 2 amide bonds. The van der Waals surface area contributed by atoms with Gasteiger partial charge in [-0.25, -0.2) is 4.79 Å². The molecule has 1 aromatic carbocycles. The Balaban J connectivity index is 1.66. The van der Waals surface area contributed by atoms with Crippen LogP contribution in [-0.4, -0.2) is 55.7 Å². The van der Waals surface area contributed by atoms with E-state index < -0.39 is 0 Å². The van der Waals surface area contributed by atoms with Crippen molar-refractivity contribution in [3.8, 4) is 5.75 Å². The lowest BCUT2D eigenvalue weighted by Gasteiger charge is -2.35. The van der Waals surface area contributed by atoms with E-state index in [0.29, 0.717) is 18.5 Å². The quantitative estimate of drug-likeness (QED) is 0.818. The number of nitrogens with one attached hydrogen (secondary N) is 1. The van der Waals surface area contributed by atoms with Gasteiger partial charge in [-0.3, -0.25) is 4.90 Å². The molecule has 1 aliphatic heterocycles. The van der Waals surface area contributed by atoms with Crippen LogP contribution < -0.4 is 10.1 Å². The van der Waals surface area contributed by atoms with Crippen LogP contribution in [0.1, 0.15) is 57.1 Å². The first-order valence-electron chi connectivity index (χ1n) is 10.5. The molecule has 0 spiro atoms. The molecule has 1 saturated heterocycles. The number of rotatable bonds is 6. The van der Waals surface area contributed by atoms with Crippen molar-refractivity contribution in [3.05, 3.63) is 29.8 Å². The first kappa shape index (κ1) is 20.0. The van der Waals surface area contributed by atoms with Crippen LogP contribution >= 0.6 is 0 Å². The smallest absolute Gasteiger partial charge is 0.317 e. The third kappa shape index (κ3) is 4.95. The molecule has 0 aromatic heterocycles. The zero-order chi connectivity index (χ0) is 19.2. The monoisotopic (exact) mass is 373 g/mol. The van der Waals surface area contributed by atoms with E-state index in [4.69, 9.17) is 4.74 Å². The van der Waals surface area contributed by atoms with Crippen LogP contribution in [0.3, 0.4) is 0 Å². The van der Waals surface area contributed by atoms with Crippen LogP contribution in [0.2, 0.25) is 0 Å². The van der Waals surface area contributed by atoms with Crippen LogP contribution in [0.4, 0.5) is 4.79 Å². The van der Waals surface area contributed by atoms with Crippen molar-refractivity contribution in [3.63, 3.8) is 0 Å². The minimum absolute atomic E-state index is 0.0493. The van der Waals surface area contributed by atoms with E-state index in [1.807, 2.05) is 24.1 Å². The zero-order valence-electron chi connectivity index (χ0n) is 17.1. The lowest BCUT2D eigenvalue weighted by atomic mass is 9.86. The van der Waals surface area contributed by atoms with Crippen molar-refractivity contribution in [2.45, 2.75) is 57.5 Å². The minimum atomic E-state index is 0.0493. The van der Waals surface area contributed by atoms with E-state index in [-0.39, 0.29) is 12.1 Å². The zero-order valence-corrected chi connectivity index (χ0v) is 17.1. The number of para-hydroxylation sites is 1. The summed E-state index contributed by atoms with van der Waals surface area (Å²) in [6.07, 6.45) is 7.19. The standard InChI is InChI=1S/C22H35N3O2/c1-17-9-8-10-18(15-17)24(2)22(26)23-16-20(25-13-6-7-14-25)19-11-4-5-12-21(19)27-3/h4-5,11-12,17-18,20H,6-10,13-16H2,1-3H3,(H,23,26). The third-order valence-electron chi connectivity index (χ3n) is 6.30. The number of hydrogen-bond acceptors (Lipinski definition) is 3. The Bertz CT molecular complexity index is 615. The number of methoxy groups -OCH3 is 1. The topological polar surface area (TPSA) is 44.8 Å². The van der Waals surface area contributed by atoms with Gasteiger partial charge in [-0.1, -0.05) is 38.0 Å². The molecule has 150 valence electrons. The summed E-state index contributed by atoms with van der Waals surface area (Å²) >= 11 is 0. The van der Waals surface area contributed by atoms with Gasteiger partial charge in [0.25, 0.3) is 0 Å². The Morgan fingerprint density at radius 3 is 2.70 bits per heavy atom. The molecule has 1 aliphatic carbocycles. The largest absolute Gasteiger partial charge is 0.496 e. The molecule has 1 saturated carbocycles. The predicted octanol–water partition coefficient (Wildman–Crippen LogP) is 4.05. The number of urea groups is 1. The number of nitrogens with zero attached hydrogens (tertiary/aromatic N) is 2. The van der Waals surface area contributed by atoms with Gasteiger partial charge in [-0.15, -0.1) is 0 Å². The Morgan fingerprint density at radius 1 is 1.26 bits per heavy atom. The molecule has 1 aromatic rings. The maximum atomic E-state index is 12.8. The minimum Gasteiger partial charge on any atom is -0.496 e. The van der Waals surface area contributed by atoms with E-state index in [1.165, 1.54) is 25.7 Å². The first-order chi connectivity index (χ1) is 13.1. The van der Waals surface area contributed by atoms with E-state index in [0.717, 1.165) is 37.2 Å². The summed E-state index contributed by atoms with van der Waals surface area (Å²) in [5.74, 6) is 1.61. The van der Waals surface area contributed by atoms with Crippen LogP contribution in [0, 0.1) is 5.92 Å². The highest BCUT2D eigenvalue weighted by Crippen LogP contribution is 2.31. The Morgan fingerprint density at radius 2 is 2.00 bits per heavy atom. The van der Waals surface area contributed by atoms with Gasteiger partial charge in [0.15, 0.2) is 0 Å². The van der Waals surface area contributed by atoms with Crippen molar-refractivity contribution in [2.75, 3.05) is 33.8 Å². The normalized spacial score (nSPS) is 24.4. The summed E-state index contributed by atoms with van der Waals surface area (Å²) in [4.78, 5) is 17.2. The van der Waals surface area contributed by atoms with Gasteiger partial charge in [0.05, 0.1) is 13.2 Å². The fourth-order valence-electron chi connectivity index (χ4n) is 4.66. The number of amides is 2. The highest BCUT2D eigenvalue weighted by Gasteiger charge is 2.29. The van der Waals surface area contributed by atoms with E-state index in [1.54, 1.807) is 7.11 Å². The second-order valence-electron chi connectivity index (χ2n) is 8.22. The average molecular weight is 374 g/mol. The Kier molecular flexibility index (Phi) is 7.00. The summed E-state index contributed by atoms with van der Waals surface area (Å²) in [6.45, 7) is 5.07. The number of carbonyl (C=O) groups is 1. The van der Waals surface area contributed by atoms with E-state index in [2.05, 4.69) is 29.3 Å². The third-order valence-corrected chi connectivity index (χ3v) is 6.30. The number of carbonyl (C=O) groups excluding carboxylic acids is 1. The van der Waals surface area contributed by atoms with Gasteiger partial charge < -0.3 is 15.0 Å². The molecule has 3 unspecified atom stereocenters. The number of benzene rings is 1. The maximum Gasteiger partial charge on any atom is 0.317 e. The van der Waals surface area contributed by atoms with Gasteiger partial charge in [0, 0.05) is 25.2 Å². The fourth-order valence-corrected chi connectivity index (χ4v) is 4.66. The Hall–Kier alpha value is -1.75. The second-order valence-corrected chi connectivity index (χ2v) is 8.22. The molecule has 5 heteroatoms. The lowest BCUT2D eigenvalue weighted by molar-refractivity contribution is 0.155. The van der Waals surface area contributed by atoms with Crippen LogP contribution in [0.5, 0.6) is 5.75 Å². The SMILES string of the molecule is COc1ccccc1C(CNC(=O)N(C)C1CCCC(C)C1)N1CCCC1. The molecular weight excluding hydrogens is 338 g/mol. The molecule has 0 radical (unpaired) electrons. The van der Waals surface area contributed by atoms with Crippen LogP contribution in [0.15, 0.2) is 24.3 Å². The van der Waals surface area contributed by atoms with Gasteiger partial charge >= 0.3 is 6.03 Å². The maximum absolute atomic E-state index is 12.8. The van der Waals surface area contributed by atoms with Crippen molar-refractivity contribution < 1.29 is 9.53 Å². The van der Waals surface area contributed by atoms with Gasteiger partial charge in [0.2, 0.25) is 0 Å². The lowest BCUT2D eigenvalue weighted by Crippen LogP contribution is -2.47. The summed E-state index contributed by atoms with van der Waals surface area (Å²) < 4.78 is 5.60. The Labute approximate surface area is 164 Å². The van der Waals surface area contributed by atoms with E-state index in [9.17, 15) is 4.79 Å². The first-order valence-corrected chi connectivity index (χ1v) is 10.5. The molecule has 0 bridgehead atoms. The van der Waals surface area contributed by atoms with Crippen molar-refractivity contribution >= 4 is 6.03 Å². The van der Waals surface area contributed by atoms with Gasteiger partial charge in [-0.05, 0) is 50.8 Å². The highest BCUT2D eigenvalue weighted by atomic mass is 16.5. The predicted molar refractivity (Wildman–Crippen MR) is 109 cm³/mol. The summed E-state index contributed by atoms with van der Waals surface area (Å²) in [6, 6.07) is 8.76. The van der Waals surface area contributed by atoms with Crippen molar-refractivity contribution in [2.24, 2.45) is 5.92 Å². The van der Waals surface area contributed by atoms with Gasteiger partial charge in [-0.2, -0.15) is 0 Å². The molecule has 2 fully saturated rings. The second kappa shape index (κ2) is 9.45. The average Bonchev–Trinajstić information content (AvgIpc) is 3.22. The van der Waals surface area contributed by atoms with Crippen molar-refractivity contribution in [1.82, 2.24) is 15.1 Å². The summed E-state index contributed by atoms with van der Waals surface area (Å²) in [5, 5.41) is 3.21. The van der Waals surface area contributed by atoms with E-state index >= 15 is 0 Å². The fraction of sp³-hybridized carbons (Fsp3) is 0.682. The molecule has 3 rings (SSSR count). The summed E-state index contributed by atoms with van der Waals surface area (Å²) in [5.41, 5.74) is 1.16. The molecule has 3 atom stereocenters. The number of ether oxygens (including phenoxy) is 1. The molecular formula is C22H35N3O2. The molecule has 1 heterocycles.